The molecule has 0 bridgehead atoms. The van der Waals surface area contributed by atoms with Crippen LogP contribution < -0.4 is 0 Å². The van der Waals surface area contributed by atoms with Crippen LogP contribution in [0.2, 0.25) is 0 Å². The predicted molar refractivity (Wildman–Crippen MR) is 118 cm³/mol. The average molecular weight is 410 g/mol. The Hall–Kier alpha value is -1.90. The fourth-order valence-electron chi connectivity index (χ4n) is 5.40. The van der Waals surface area contributed by atoms with Gasteiger partial charge in [-0.05, 0) is 69.4 Å². The maximum atomic E-state index is 10.2. The van der Waals surface area contributed by atoms with Crippen molar-refractivity contribution in [1.82, 2.24) is 9.78 Å². The van der Waals surface area contributed by atoms with E-state index in [1.54, 1.807) is 0 Å². The summed E-state index contributed by atoms with van der Waals surface area (Å²) >= 11 is 0. The van der Waals surface area contributed by atoms with Gasteiger partial charge in [0, 0.05) is 5.39 Å². The van der Waals surface area contributed by atoms with E-state index in [2.05, 4.69) is 35.9 Å². The summed E-state index contributed by atoms with van der Waals surface area (Å²) in [5, 5.41) is 16.5. The molecule has 0 N–H and O–H groups in total. The van der Waals surface area contributed by atoms with Gasteiger partial charge in [-0.25, -0.2) is 9.78 Å². The topological polar surface area (TPSA) is 60.1 Å². The number of aromatic nitrogens is 2. The molecule has 1 heterocycles. The summed E-state index contributed by atoms with van der Waals surface area (Å²) < 4.78 is 2.30. The molecule has 5 heteroatoms. The van der Waals surface area contributed by atoms with Gasteiger partial charge in [-0.1, -0.05) is 38.3 Å². The SMILES string of the molecule is CCOOCC1CCC(C#N)(c2ccc3c(CC)nn(C4CCCCC4)c3c2)CC1. The van der Waals surface area contributed by atoms with Gasteiger partial charge >= 0.3 is 0 Å². The van der Waals surface area contributed by atoms with Crippen LogP contribution in [0.3, 0.4) is 0 Å². The van der Waals surface area contributed by atoms with Crippen LogP contribution in [-0.2, 0) is 21.6 Å². The van der Waals surface area contributed by atoms with Crippen LogP contribution in [0.1, 0.15) is 88.9 Å². The van der Waals surface area contributed by atoms with Crippen molar-refractivity contribution in [3.63, 3.8) is 0 Å². The molecule has 2 fully saturated rings. The van der Waals surface area contributed by atoms with Crippen LogP contribution in [0.25, 0.3) is 10.9 Å². The van der Waals surface area contributed by atoms with E-state index >= 15 is 0 Å². The van der Waals surface area contributed by atoms with Gasteiger partial charge in [0.05, 0.1) is 42.0 Å². The monoisotopic (exact) mass is 409 g/mol. The fourth-order valence-corrected chi connectivity index (χ4v) is 5.40. The zero-order chi connectivity index (χ0) is 21.0. The van der Waals surface area contributed by atoms with Gasteiger partial charge in [-0.3, -0.25) is 4.68 Å². The molecule has 0 radical (unpaired) electrons. The molecular formula is C25H35N3O2. The maximum absolute atomic E-state index is 10.2. The summed E-state index contributed by atoms with van der Waals surface area (Å²) in [5.74, 6) is 0.473. The Kier molecular flexibility index (Phi) is 6.75. The van der Waals surface area contributed by atoms with Gasteiger partial charge in [0.25, 0.3) is 0 Å². The number of rotatable bonds is 7. The third kappa shape index (κ3) is 4.13. The quantitative estimate of drug-likeness (QED) is 0.318. The van der Waals surface area contributed by atoms with Crippen LogP contribution in [0.5, 0.6) is 0 Å². The maximum Gasteiger partial charge on any atom is 0.0850 e. The molecule has 0 spiro atoms. The Bertz CT molecular complexity index is 884. The molecule has 0 aliphatic heterocycles. The van der Waals surface area contributed by atoms with Gasteiger partial charge in [-0.15, -0.1) is 0 Å². The Morgan fingerprint density at radius 1 is 1.10 bits per heavy atom. The predicted octanol–water partition coefficient (Wildman–Crippen LogP) is 6.02. The fraction of sp³-hybridized carbons (Fsp3) is 0.680. The minimum absolute atomic E-state index is 0.398. The summed E-state index contributed by atoms with van der Waals surface area (Å²) in [6, 6.07) is 9.90. The van der Waals surface area contributed by atoms with Crippen molar-refractivity contribution in [2.24, 2.45) is 5.92 Å². The van der Waals surface area contributed by atoms with E-state index in [-0.39, 0.29) is 0 Å². The van der Waals surface area contributed by atoms with E-state index in [0.29, 0.717) is 25.2 Å². The van der Waals surface area contributed by atoms with E-state index in [1.165, 1.54) is 54.3 Å². The lowest BCUT2D eigenvalue weighted by Crippen LogP contribution is -2.31. The van der Waals surface area contributed by atoms with E-state index < -0.39 is 5.41 Å². The first-order chi connectivity index (χ1) is 14.7. The molecule has 0 saturated heterocycles. The number of hydrogen-bond donors (Lipinski definition) is 0. The number of nitriles is 1. The molecule has 4 rings (SSSR count). The highest BCUT2D eigenvalue weighted by Gasteiger charge is 2.38. The molecule has 0 amide bonds. The van der Waals surface area contributed by atoms with Gasteiger partial charge in [0.15, 0.2) is 0 Å². The molecule has 1 aromatic heterocycles. The van der Waals surface area contributed by atoms with Crippen molar-refractivity contribution in [2.75, 3.05) is 13.2 Å². The summed E-state index contributed by atoms with van der Waals surface area (Å²) in [6.07, 6.45) is 11.1. The molecule has 2 aromatic rings. The molecular weight excluding hydrogens is 374 g/mol. The number of nitrogens with zero attached hydrogens (tertiary/aromatic N) is 3. The van der Waals surface area contributed by atoms with Gasteiger partial charge in [0.1, 0.15) is 0 Å². The van der Waals surface area contributed by atoms with Crippen LogP contribution in [0.4, 0.5) is 0 Å². The second-order valence-electron chi connectivity index (χ2n) is 9.10. The van der Waals surface area contributed by atoms with Gasteiger partial charge in [-0.2, -0.15) is 10.4 Å². The Labute approximate surface area is 180 Å². The summed E-state index contributed by atoms with van der Waals surface area (Å²) in [6.45, 7) is 5.31. The summed E-state index contributed by atoms with van der Waals surface area (Å²) in [7, 11) is 0. The van der Waals surface area contributed by atoms with Crippen molar-refractivity contribution >= 4 is 10.9 Å². The minimum atomic E-state index is -0.398. The number of aryl methyl sites for hydroxylation is 1. The van der Waals surface area contributed by atoms with E-state index in [1.807, 2.05) is 6.92 Å². The highest BCUT2D eigenvalue weighted by atomic mass is 17.2. The van der Waals surface area contributed by atoms with Gasteiger partial charge < -0.3 is 0 Å². The normalized spacial score (nSPS) is 25.4. The van der Waals surface area contributed by atoms with E-state index in [0.717, 1.165) is 32.1 Å². The molecule has 5 nitrogen and oxygen atoms in total. The molecule has 0 unspecified atom stereocenters. The lowest BCUT2D eigenvalue weighted by molar-refractivity contribution is -0.299. The Balaban J connectivity index is 1.61. The standard InChI is InChI=1S/C25H35N3O2/c1-3-23-22-11-10-20(16-24(22)28(27-23)21-8-6-5-7-9-21)25(18-26)14-12-19(13-15-25)17-30-29-4-2/h10-11,16,19,21H,3-9,12-15,17H2,1-2H3. The second kappa shape index (κ2) is 9.49. The molecule has 0 atom stereocenters. The average Bonchev–Trinajstić information content (AvgIpc) is 3.18. The van der Waals surface area contributed by atoms with Gasteiger partial charge in [0.2, 0.25) is 0 Å². The summed E-state index contributed by atoms with van der Waals surface area (Å²) in [4.78, 5) is 10.3. The number of hydrogen-bond acceptors (Lipinski definition) is 4. The van der Waals surface area contributed by atoms with Crippen LogP contribution in [0, 0.1) is 17.2 Å². The Morgan fingerprint density at radius 2 is 1.87 bits per heavy atom. The van der Waals surface area contributed by atoms with Crippen LogP contribution >= 0.6 is 0 Å². The first-order valence-corrected chi connectivity index (χ1v) is 11.9. The number of benzene rings is 1. The molecule has 162 valence electrons. The van der Waals surface area contributed by atoms with E-state index in [4.69, 9.17) is 14.9 Å². The van der Waals surface area contributed by atoms with Crippen LogP contribution in [-0.4, -0.2) is 23.0 Å². The van der Waals surface area contributed by atoms with Crippen molar-refractivity contribution in [1.29, 1.82) is 5.26 Å². The third-order valence-corrected chi connectivity index (χ3v) is 7.27. The lowest BCUT2D eigenvalue weighted by atomic mass is 9.67. The molecule has 1 aromatic carbocycles. The molecule has 2 saturated carbocycles. The van der Waals surface area contributed by atoms with Crippen molar-refractivity contribution < 1.29 is 9.78 Å². The molecule has 2 aliphatic rings. The largest absolute Gasteiger partial charge is 0.262 e. The van der Waals surface area contributed by atoms with E-state index in [9.17, 15) is 5.26 Å². The van der Waals surface area contributed by atoms with Crippen molar-refractivity contribution in [2.45, 2.75) is 89.5 Å². The van der Waals surface area contributed by atoms with Crippen molar-refractivity contribution in [3.8, 4) is 6.07 Å². The minimum Gasteiger partial charge on any atom is -0.262 e. The zero-order valence-electron chi connectivity index (χ0n) is 18.5. The highest BCUT2D eigenvalue weighted by Crippen LogP contribution is 2.43. The second-order valence-corrected chi connectivity index (χ2v) is 9.10. The number of fused-ring (bicyclic) bond motifs is 1. The highest BCUT2D eigenvalue weighted by molar-refractivity contribution is 5.83. The molecule has 2 aliphatic carbocycles. The van der Waals surface area contributed by atoms with Crippen LogP contribution in [0.15, 0.2) is 18.2 Å². The first kappa shape index (κ1) is 21.3. The third-order valence-electron chi connectivity index (χ3n) is 7.27. The Morgan fingerprint density at radius 3 is 2.53 bits per heavy atom. The van der Waals surface area contributed by atoms with Crippen molar-refractivity contribution in [3.05, 3.63) is 29.5 Å². The molecule has 30 heavy (non-hydrogen) atoms. The zero-order valence-corrected chi connectivity index (χ0v) is 18.5. The first-order valence-electron chi connectivity index (χ1n) is 11.9. The summed E-state index contributed by atoms with van der Waals surface area (Å²) in [5.41, 5.74) is 3.18. The smallest absolute Gasteiger partial charge is 0.0850 e. The lowest BCUT2D eigenvalue weighted by Gasteiger charge is -2.35.